The third kappa shape index (κ3) is 4.39. The van der Waals surface area contributed by atoms with Crippen LogP contribution >= 0.6 is 15.9 Å². The third-order valence-electron chi connectivity index (χ3n) is 1.83. The number of rotatable bonds is 5. The average molecular weight is 243 g/mol. The van der Waals surface area contributed by atoms with Gasteiger partial charge in [0, 0.05) is 16.4 Å². The average Bonchev–Trinajstić information content (AvgIpc) is 2.15. The highest BCUT2D eigenvalue weighted by molar-refractivity contribution is 9.10. The molecule has 0 atom stereocenters. The molecular formula is C10H15BrN2. The van der Waals surface area contributed by atoms with E-state index < -0.39 is 0 Å². The van der Waals surface area contributed by atoms with Gasteiger partial charge in [-0.3, -0.25) is 4.98 Å². The van der Waals surface area contributed by atoms with Crippen molar-refractivity contribution in [1.29, 1.82) is 0 Å². The number of aryl methyl sites for hydroxylation is 1. The van der Waals surface area contributed by atoms with Gasteiger partial charge >= 0.3 is 0 Å². The van der Waals surface area contributed by atoms with Crippen LogP contribution in [0, 0.1) is 0 Å². The zero-order valence-electron chi connectivity index (χ0n) is 7.89. The summed E-state index contributed by atoms with van der Waals surface area (Å²) in [5, 5.41) is 3.29. The molecule has 2 nitrogen and oxygen atoms in total. The van der Waals surface area contributed by atoms with Crippen LogP contribution in [0.2, 0.25) is 0 Å². The monoisotopic (exact) mass is 242 g/mol. The van der Waals surface area contributed by atoms with Crippen molar-refractivity contribution in [2.45, 2.75) is 19.8 Å². The molecule has 0 aromatic carbocycles. The fourth-order valence-electron chi connectivity index (χ4n) is 1.13. The van der Waals surface area contributed by atoms with E-state index in [1.54, 1.807) is 0 Å². The van der Waals surface area contributed by atoms with E-state index >= 15 is 0 Å². The van der Waals surface area contributed by atoms with Crippen LogP contribution in [0.4, 0.5) is 0 Å². The summed E-state index contributed by atoms with van der Waals surface area (Å²) in [6.07, 6.45) is 4.06. The first kappa shape index (κ1) is 10.7. The van der Waals surface area contributed by atoms with Crippen molar-refractivity contribution in [2.24, 2.45) is 0 Å². The van der Waals surface area contributed by atoms with Gasteiger partial charge in [-0.25, -0.2) is 0 Å². The molecule has 0 spiro atoms. The largest absolute Gasteiger partial charge is 0.317 e. The molecule has 1 aromatic rings. The first-order valence-corrected chi connectivity index (χ1v) is 5.43. The molecule has 0 aliphatic carbocycles. The fourth-order valence-corrected chi connectivity index (χ4v) is 1.36. The third-order valence-corrected chi connectivity index (χ3v) is 2.29. The molecule has 0 saturated heterocycles. The molecule has 0 aliphatic rings. The number of hydrogen-bond donors (Lipinski definition) is 1. The second-order valence-electron chi connectivity index (χ2n) is 2.92. The fraction of sp³-hybridized carbons (Fsp3) is 0.500. The highest BCUT2D eigenvalue weighted by Crippen LogP contribution is 2.08. The topological polar surface area (TPSA) is 24.9 Å². The van der Waals surface area contributed by atoms with Crippen LogP contribution in [0.3, 0.4) is 0 Å². The summed E-state index contributed by atoms with van der Waals surface area (Å²) in [4.78, 5) is 4.30. The smallest absolute Gasteiger partial charge is 0.0413 e. The Kier molecular flexibility index (Phi) is 5.01. The van der Waals surface area contributed by atoms with Gasteiger partial charge < -0.3 is 5.32 Å². The van der Waals surface area contributed by atoms with Crippen molar-refractivity contribution in [3.63, 3.8) is 0 Å². The Morgan fingerprint density at radius 2 is 2.31 bits per heavy atom. The van der Waals surface area contributed by atoms with Crippen molar-refractivity contribution in [2.75, 3.05) is 13.1 Å². The van der Waals surface area contributed by atoms with Crippen LogP contribution in [-0.2, 0) is 6.42 Å². The van der Waals surface area contributed by atoms with E-state index in [0.717, 1.165) is 30.4 Å². The lowest BCUT2D eigenvalue weighted by atomic mass is 10.2. The summed E-state index contributed by atoms with van der Waals surface area (Å²) >= 11 is 3.36. The SMILES string of the molecule is CCNCCCc1ccc(Br)cn1. The lowest BCUT2D eigenvalue weighted by molar-refractivity contribution is 0.667. The van der Waals surface area contributed by atoms with E-state index in [0.29, 0.717) is 0 Å². The lowest BCUT2D eigenvalue weighted by Gasteiger charge is -2.01. The normalized spacial score (nSPS) is 10.3. The van der Waals surface area contributed by atoms with Crippen molar-refractivity contribution < 1.29 is 0 Å². The Labute approximate surface area is 87.9 Å². The summed E-state index contributed by atoms with van der Waals surface area (Å²) in [7, 11) is 0. The van der Waals surface area contributed by atoms with E-state index in [1.807, 2.05) is 12.3 Å². The minimum atomic E-state index is 1.04. The van der Waals surface area contributed by atoms with Crippen LogP contribution in [0.5, 0.6) is 0 Å². The molecule has 0 amide bonds. The van der Waals surface area contributed by atoms with Crippen molar-refractivity contribution in [3.8, 4) is 0 Å². The van der Waals surface area contributed by atoms with Crippen molar-refractivity contribution in [3.05, 3.63) is 28.5 Å². The highest BCUT2D eigenvalue weighted by atomic mass is 79.9. The molecular weight excluding hydrogens is 228 g/mol. The maximum Gasteiger partial charge on any atom is 0.0413 e. The Balaban J connectivity index is 2.25. The lowest BCUT2D eigenvalue weighted by Crippen LogP contribution is -2.14. The van der Waals surface area contributed by atoms with Gasteiger partial charge in [0.15, 0.2) is 0 Å². The summed E-state index contributed by atoms with van der Waals surface area (Å²) < 4.78 is 1.04. The minimum absolute atomic E-state index is 1.04. The summed E-state index contributed by atoms with van der Waals surface area (Å²) in [5.41, 5.74) is 1.17. The van der Waals surface area contributed by atoms with E-state index in [2.05, 4.69) is 39.2 Å². The Morgan fingerprint density at radius 3 is 2.92 bits per heavy atom. The highest BCUT2D eigenvalue weighted by Gasteiger charge is 1.93. The molecule has 3 heteroatoms. The Bertz CT molecular complexity index is 233. The van der Waals surface area contributed by atoms with Gasteiger partial charge in [0.05, 0.1) is 0 Å². The first-order valence-electron chi connectivity index (χ1n) is 4.64. The van der Waals surface area contributed by atoms with Crippen LogP contribution in [0.15, 0.2) is 22.8 Å². The van der Waals surface area contributed by atoms with Gasteiger partial charge in [-0.1, -0.05) is 6.92 Å². The predicted octanol–water partition coefficient (Wildman–Crippen LogP) is 2.39. The summed E-state index contributed by atoms with van der Waals surface area (Å²) in [5.74, 6) is 0. The van der Waals surface area contributed by atoms with E-state index in [-0.39, 0.29) is 0 Å². The van der Waals surface area contributed by atoms with E-state index in [9.17, 15) is 0 Å². The van der Waals surface area contributed by atoms with Gasteiger partial charge in [-0.05, 0) is 54.0 Å². The summed E-state index contributed by atoms with van der Waals surface area (Å²) in [6, 6.07) is 4.10. The molecule has 1 aromatic heterocycles. The van der Waals surface area contributed by atoms with Crippen LogP contribution in [0.1, 0.15) is 19.0 Å². The number of pyridine rings is 1. The minimum Gasteiger partial charge on any atom is -0.317 e. The first-order chi connectivity index (χ1) is 6.33. The molecule has 1 rings (SSSR count). The van der Waals surface area contributed by atoms with E-state index in [4.69, 9.17) is 0 Å². The second kappa shape index (κ2) is 6.11. The number of hydrogen-bond acceptors (Lipinski definition) is 2. The van der Waals surface area contributed by atoms with Gasteiger partial charge in [0.25, 0.3) is 0 Å². The molecule has 0 unspecified atom stereocenters. The molecule has 1 heterocycles. The van der Waals surface area contributed by atoms with Gasteiger partial charge in [0.2, 0.25) is 0 Å². The molecule has 13 heavy (non-hydrogen) atoms. The van der Waals surface area contributed by atoms with Crippen LogP contribution in [-0.4, -0.2) is 18.1 Å². The summed E-state index contributed by atoms with van der Waals surface area (Å²) in [6.45, 7) is 4.25. The quantitative estimate of drug-likeness (QED) is 0.803. The van der Waals surface area contributed by atoms with Crippen molar-refractivity contribution in [1.82, 2.24) is 10.3 Å². The molecule has 0 fully saturated rings. The Hall–Kier alpha value is -0.410. The number of nitrogens with one attached hydrogen (secondary N) is 1. The zero-order chi connectivity index (χ0) is 9.52. The number of nitrogens with zero attached hydrogens (tertiary/aromatic N) is 1. The predicted molar refractivity (Wildman–Crippen MR) is 58.8 cm³/mol. The molecule has 72 valence electrons. The zero-order valence-corrected chi connectivity index (χ0v) is 9.47. The molecule has 0 radical (unpaired) electrons. The van der Waals surface area contributed by atoms with Crippen LogP contribution in [0.25, 0.3) is 0 Å². The number of aromatic nitrogens is 1. The standard InChI is InChI=1S/C10H15BrN2/c1-2-12-7-3-4-10-6-5-9(11)8-13-10/h5-6,8,12H,2-4,7H2,1H3. The van der Waals surface area contributed by atoms with E-state index in [1.165, 1.54) is 5.69 Å². The van der Waals surface area contributed by atoms with Crippen LogP contribution < -0.4 is 5.32 Å². The maximum atomic E-state index is 4.30. The molecule has 1 N–H and O–H groups in total. The Morgan fingerprint density at radius 1 is 1.46 bits per heavy atom. The maximum absolute atomic E-state index is 4.30. The molecule has 0 aliphatic heterocycles. The molecule has 0 saturated carbocycles. The van der Waals surface area contributed by atoms with Gasteiger partial charge in [-0.2, -0.15) is 0 Å². The molecule has 0 bridgehead atoms. The van der Waals surface area contributed by atoms with Gasteiger partial charge in [0.1, 0.15) is 0 Å². The van der Waals surface area contributed by atoms with Gasteiger partial charge in [-0.15, -0.1) is 0 Å². The second-order valence-corrected chi connectivity index (χ2v) is 3.84. The van der Waals surface area contributed by atoms with Crippen molar-refractivity contribution >= 4 is 15.9 Å². The number of halogens is 1.